The quantitative estimate of drug-likeness (QED) is 0.619. The molecule has 0 saturated heterocycles. The second-order valence-electron chi connectivity index (χ2n) is 4.11. The first-order chi connectivity index (χ1) is 6.80. The predicted molar refractivity (Wildman–Crippen MR) is 66.4 cm³/mol. The van der Waals surface area contributed by atoms with E-state index >= 15 is 0 Å². The van der Waals surface area contributed by atoms with Crippen LogP contribution in [0.3, 0.4) is 0 Å². The van der Waals surface area contributed by atoms with Crippen molar-refractivity contribution < 1.29 is 4.55 Å². The molecule has 4 nitrogen and oxygen atoms in total. The molecule has 1 aromatic heterocycles. The van der Waals surface area contributed by atoms with Crippen molar-refractivity contribution in [3.8, 4) is 0 Å². The molecule has 6 heteroatoms. The summed E-state index contributed by atoms with van der Waals surface area (Å²) < 4.78 is 17.7. The lowest BCUT2D eigenvalue weighted by molar-refractivity contribution is 0.561. The van der Waals surface area contributed by atoms with Crippen LogP contribution >= 0.6 is 15.9 Å². The van der Waals surface area contributed by atoms with Crippen LogP contribution in [-0.2, 0) is 18.4 Å². The molecule has 0 radical (unpaired) electrons. The third-order valence-electron chi connectivity index (χ3n) is 1.69. The average molecular weight is 292 g/mol. The SMILES string of the molecule is Cn1nc(Br)cc1/C=N/[S@+]([O-])C(C)(C)C. The highest BCUT2D eigenvalue weighted by molar-refractivity contribution is 9.10. The smallest absolute Gasteiger partial charge is 0.144 e. The molecule has 1 rings (SSSR count). The Hall–Kier alpha value is -0.330. The Morgan fingerprint density at radius 2 is 2.20 bits per heavy atom. The van der Waals surface area contributed by atoms with Crippen LogP contribution in [0.2, 0.25) is 0 Å². The van der Waals surface area contributed by atoms with E-state index in [9.17, 15) is 4.55 Å². The molecule has 1 heterocycles. The van der Waals surface area contributed by atoms with E-state index < -0.39 is 11.4 Å². The maximum absolute atomic E-state index is 11.6. The highest BCUT2D eigenvalue weighted by Crippen LogP contribution is 2.17. The van der Waals surface area contributed by atoms with Crippen molar-refractivity contribution in [3.63, 3.8) is 0 Å². The minimum Gasteiger partial charge on any atom is -0.591 e. The van der Waals surface area contributed by atoms with Gasteiger partial charge in [-0.15, -0.1) is 0 Å². The van der Waals surface area contributed by atoms with Crippen LogP contribution < -0.4 is 0 Å². The van der Waals surface area contributed by atoms with Crippen molar-refractivity contribution in [2.24, 2.45) is 11.4 Å². The van der Waals surface area contributed by atoms with Gasteiger partial charge in [0.15, 0.2) is 0 Å². The van der Waals surface area contributed by atoms with Gasteiger partial charge in [0.25, 0.3) is 0 Å². The van der Waals surface area contributed by atoms with Crippen LogP contribution in [0.15, 0.2) is 15.1 Å². The Labute approximate surface area is 101 Å². The number of rotatable bonds is 2. The summed E-state index contributed by atoms with van der Waals surface area (Å²) in [5, 5.41) is 4.09. The monoisotopic (exact) mass is 291 g/mol. The fourth-order valence-corrected chi connectivity index (χ4v) is 1.82. The summed E-state index contributed by atoms with van der Waals surface area (Å²) in [4.78, 5) is 0. The maximum Gasteiger partial charge on any atom is 0.144 e. The zero-order valence-corrected chi connectivity index (χ0v) is 11.6. The molecule has 0 N–H and O–H groups in total. The Morgan fingerprint density at radius 3 is 2.60 bits per heavy atom. The van der Waals surface area contributed by atoms with Gasteiger partial charge in [-0.25, -0.2) is 0 Å². The molecule has 0 fully saturated rings. The van der Waals surface area contributed by atoms with Gasteiger partial charge in [-0.2, -0.15) is 5.10 Å². The summed E-state index contributed by atoms with van der Waals surface area (Å²) in [7, 11) is 1.81. The number of aryl methyl sites for hydroxylation is 1. The van der Waals surface area contributed by atoms with E-state index in [-0.39, 0.29) is 4.75 Å². The van der Waals surface area contributed by atoms with Crippen molar-refractivity contribution in [1.29, 1.82) is 0 Å². The van der Waals surface area contributed by atoms with E-state index in [0.29, 0.717) is 0 Å². The summed E-state index contributed by atoms with van der Waals surface area (Å²) in [5.74, 6) is 0. The molecule has 0 aliphatic heterocycles. The molecule has 1 atom stereocenters. The topological polar surface area (TPSA) is 53.2 Å². The van der Waals surface area contributed by atoms with Crippen LogP contribution in [0, 0.1) is 0 Å². The van der Waals surface area contributed by atoms with Crippen LogP contribution in [0.4, 0.5) is 0 Å². The van der Waals surface area contributed by atoms with Gasteiger partial charge in [0.05, 0.1) is 5.69 Å². The van der Waals surface area contributed by atoms with E-state index in [1.165, 1.54) is 0 Å². The number of hydrogen-bond acceptors (Lipinski definition) is 3. The van der Waals surface area contributed by atoms with Gasteiger partial charge in [0, 0.05) is 7.05 Å². The molecule has 84 valence electrons. The summed E-state index contributed by atoms with van der Waals surface area (Å²) in [5.41, 5.74) is 0.819. The predicted octanol–water partition coefficient (Wildman–Crippen LogP) is 2.06. The van der Waals surface area contributed by atoms with Crippen LogP contribution in [0.1, 0.15) is 26.5 Å². The highest BCUT2D eigenvalue weighted by Gasteiger charge is 2.25. The largest absolute Gasteiger partial charge is 0.591 e. The van der Waals surface area contributed by atoms with Crippen LogP contribution in [-0.4, -0.2) is 25.3 Å². The minimum absolute atomic E-state index is 0.327. The lowest BCUT2D eigenvalue weighted by Gasteiger charge is -2.17. The molecule has 0 aliphatic rings. The normalized spacial score (nSPS) is 14.8. The van der Waals surface area contributed by atoms with Gasteiger partial charge >= 0.3 is 0 Å². The Morgan fingerprint density at radius 1 is 1.60 bits per heavy atom. The second kappa shape index (κ2) is 4.67. The number of halogens is 1. The second-order valence-corrected chi connectivity index (χ2v) is 6.86. The summed E-state index contributed by atoms with van der Waals surface area (Å²) in [6.45, 7) is 5.67. The van der Waals surface area contributed by atoms with E-state index in [1.54, 1.807) is 10.9 Å². The zero-order valence-electron chi connectivity index (χ0n) is 9.19. The number of hydrogen-bond donors (Lipinski definition) is 0. The lowest BCUT2D eigenvalue weighted by Crippen LogP contribution is -2.25. The molecule has 1 aromatic rings. The van der Waals surface area contributed by atoms with Crippen LogP contribution in [0.25, 0.3) is 0 Å². The minimum atomic E-state index is -1.22. The van der Waals surface area contributed by atoms with E-state index in [0.717, 1.165) is 10.3 Å². The fourth-order valence-electron chi connectivity index (χ4n) is 0.826. The summed E-state index contributed by atoms with van der Waals surface area (Å²) in [6.07, 6.45) is 1.58. The van der Waals surface area contributed by atoms with Gasteiger partial charge in [-0.05, 0) is 42.8 Å². The van der Waals surface area contributed by atoms with Gasteiger partial charge in [0.2, 0.25) is 0 Å². The third kappa shape index (κ3) is 3.62. The van der Waals surface area contributed by atoms with Crippen molar-refractivity contribution in [2.45, 2.75) is 25.5 Å². The average Bonchev–Trinajstić information content (AvgIpc) is 2.39. The molecule has 0 spiro atoms. The van der Waals surface area contributed by atoms with Crippen molar-refractivity contribution in [1.82, 2.24) is 9.78 Å². The number of nitrogens with zero attached hydrogens (tertiary/aromatic N) is 3. The first-order valence-corrected chi connectivity index (χ1v) is 6.36. The van der Waals surface area contributed by atoms with E-state index in [4.69, 9.17) is 0 Å². The highest BCUT2D eigenvalue weighted by atomic mass is 79.9. The Kier molecular flexibility index (Phi) is 3.97. The summed E-state index contributed by atoms with van der Waals surface area (Å²) >= 11 is 2.04. The van der Waals surface area contributed by atoms with Gasteiger partial charge in [-0.1, -0.05) is 4.40 Å². The molecule has 0 saturated carbocycles. The van der Waals surface area contributed by atoms with Crippen LogP contribution in [0.5, 0.6) is 0 Å². The first-order valence-electron chi connectivity index (χ1n) is 4.46. The summed E-state index contributed by atoms with van der Waals surface area (Å²) in [6, 6.07) is 1.82. The van der Waals surface area contributed by atoms with E-state index in [1.807, 2.05) is 33.9 Å². The molecule has 0 unspecified atom stereocenters. The Balaban J connectivity index is 2.78. The van der Waals surface area contributed by atoms with Gasteiger partial charge in [0.1, 0.15) is 26.9 Å². The standard InChI is InChI=1S/C9H14BrN3OS/c1-9(2,3)15(14)11-6-7-5-8(10)12-13(7)4/h5-6H,1-4H3/b11-6+/t15-/m1/s1. The van der Waals surface area contributed by atoms with Crippen molar-refractivity contribution in [2.75, 3.05) is 0 Å². The first kappa shape index (κ1) is 12.7. The fraction of sp³-hybridized carbons (Fsp3) is 0.556. The molecule has 0 aromatic carbocycles. The maximum atomic E-state index is 11.6. The zero-order chi connectivity index (χ0) is 11.6. The molecule has 0 bridgehead atoms. The molecular weight excluding hydrogens is 278 g/mol. The van der Waals surface area contributed by atoms with Crippen molar-refractivity contribution >= 4 is 33.5 Å². The number of aromatic nitrogens is 2. The van der Waals surface area contributed by atoms with E-state index in [2.05, 4.69) is 25.4 Å². The molecular formula is C9H14BrN3OS. The molecule has 15 heavy (non-hydrogen) atoms. The molecule has 0 aliphatic carbocycles. The lowest BCUT2D eigenvalue weighted by atomic mass is 10.3. The third-order valence-corrected chi connectivity index (χ3v) is 3.42. The molecule has 0 amide bonds. The van der Waals surface area contributed by atoms with Gasteiger partial charge in [-0.3, -0.25) is 4.68 Å². The van der Waals surface area contributed by atoms with Crippen molar-refractivity contribution in [3.05, 3.63) is 16.4 Å². The van der Waals surface area contributed by atoms with Gasteiger partial charge < -0.3 is 4.55 Å². The Bertz CT molecular complexity index is 370.